The van der Waals surface area contributed by atoms with Crippen LogP contribution < -0.4 is 11.1 Å². The highest BCUT2D eigenvalue weighted by Gasteiger charge is 2.31. The number of nitrogens with zero attached hydrogens (tertiary/aromatic N) is 3. The summed E-state index contributed by atoms with van der Waals surface area (Å²) in [4.78, 5) is 16.3. The normalized spacial score (nSPS) is 14.4. The summed E-state index contributed by atoms with van der Waals surface area (Å²) in [6.07, 6.45) is 7.41. The van der Waals surface area contributed by atoms with E-state index in [0.29, 0.717) is 18.2 Å². The van der Waals surface area contributed by atoms with Crippen molar-refractivity contribution >= 4 is 30.7 Å². The van der Waals surface area contributed by atoms with Crippen LogP contribution in [0.2, 0.25) is 0 Å². The van der Waals surface area contributed by atoms with Gasteiger partial charge in [-0.05, 0) is 37.0 Å². The number of aromatic nitrogens is 3. The number of hydrogen-bond acceptors (Lipinski definition) is 4. The van der Waals surface area contributed by atoms with E-state index in [2.05, 4.69) is 15.4 Å². The molecule has 2 heterocycles. The highest BCUT2D eigenvalue weighted by molar-refractivity contribution is 5.93. The van der Waals surface area contributed by atoms with Crippen molar-refractivity contribution in [3.8, 4) is 5.69 Å². The molecule has 2 aromatic heterocycles. The first-order valence-electron chi connectivity index (χ1n) is 6.75. The Morgan fingerprint density at radius 1 is 1.41 bits per heavy atom. The topological polar surface area (TPSA) is 85.8 Å². The second kappa shape index (κ2) is 8.12. The molecule has 1 aliphatic carbocycles. The zero-order valence-corrected chi connectivity index (χ0v) is 13.5. The van der Waals surface area contributed by atoms with Gasteiger partial charge in [0, 0.05) is 31.2 Å². The van der Waals surface area contributed by atoms with Crippen LogP contribution in [-0.4, -0.2) is 33.3 Å². The van der Waals surface area contributed by atoms with Gasteiger partial charge in [0.05, 0.1) is 5.69 Å². The van der Waals surface area contributed by atoms with Crippen LogP contribution in [0.25, 0.3) is 5.69 Å². The Bertz CT molecular complexity index is 601. The Morgan fingerprint density at radius 2 is 2.18 bits per heavy atom. The molecule has 1 atom stereocenters. The first-order valence-corrected chi connectivity index (χ1v) is 6.75. The minimum Gasteiger partial charge on any atom is -0.346 e. The van der Waals surface area contributed by atoms with Crippen molar-refractivity contribution in [1.82, 2.24) is 20.1 Å². The van der Waals surface area contributed by atoms with Crippen LogP contribution in [-0.2, 0) is 0 Å². The van der Waals surface area contributed by atoms with Crippen LogP contribution in [0.5, 0.6) is 0 Å². The van der Waals surface area contributed by atoms with E-state index in [1.807, 2.05) is 18.3 Å². The Kier molecular flexibility index (Phi) is 6.80. The number of nitrogens with two attached hydrogens (primary N) is 1. The van der Waals surface area contributed by atoms with E-state index < -0.39 is 0 Å². The highest BCUT2D eigenvalue weighted by atomic mass is 35.5. The number of carbonyl (C=O) groups excluding carboxylic acids is 1. The molecule has 0 aromatic carbocycles. The van der Waals surface area contributed by atoms with Gasteiger partial charge in [-0.25, -0.2) is 4.68 Å². The fourth-order valence-electron chi connectivity index (χ4n) is 2.22. The maximum absolute atomic E-state index is 12.2. The maximum atomic E-state index is 12.2. The lowest BCUT2D eigenvalue weighted by atomic mass is 10.2. The molecule has 6 nitrogen and oxygen atoms in total. The lowest BCUT2D eigenvalue weighted by Gasteiger charge is -2.15. The van der Waals surface area contributed by atoms with E-state index in [4.69, 9.17) is 5.73 Å². The SMILES string of the molecule is Cl.Cl.NCC(NC(=O)c1cc(-n2cccn2)ccn1)C1CC1. The van der Waals surface area contributed by atoms with Gasteiger partial charge in [0.25, 0.3) is 5.91 Å². The number of halogens is 2. The van der Waals surface area contributed by atoms with Gasteiger partial charge in [0.2, 0.25) is 0 Å². The van der Waals surface area contributed by atoms with Crippen molar-refractivity contribution in [3.05, 3.63) is 42.5 Å². The molecule has 0 radical (unpaired) electrons. The average molecular weight is 344 g/mol. The highest BCUT2D eigenvalue weighted by Crippen LogP contribution is 2.32. The Morgan fingerprint density at radius 3 is 2.77 bits per heavy atom. The third-order valence-electron chi connectivity index (χ3n) is 3.51. The molecule has 8 heteroatoms. The molecule has 2 aromatic rings. The number of hydrogen-bond donors (Lipinski definition) is 2. The number of nitrogens with one attached hydrogen (secondary N) is 1. The molecule has 1 unspecified atom stereocenters. The molecule has 22 heavy (non-hydrogen) atoms. The summed E-state index contributed by atoms with van der Waals surface area (Å²) < 4.78 is 1.69. The molecule has 1 saturated carbocycles. The van der Waals surface area contributed by atoms with E-state index in [-0.39, 0.29) is 36.8 Å². The maximum Gasteiger partial charge on any atom is 0.270 e. The molecule has 3 N–H and O–H groups in total. The van der Waals surface area contributed by atoms with Gasteiger partial charge in [-0.2, -0.15) is 5.10 Å². The largest absolute Gasteiger partial charge is 0.346 e. The fraction of sp³-hybridized carbons (Fsp3) is 0.357. The molecule has 0 aliphatic heterocycles. The van der Waals surface area contributed by atoms with Crippen LogP contribution in [0.3, 0.4) is 0 Å². The Labute approximate surface area is 141 Å². The van der Waals surface area contributed by atoms with Gasteiger partial charge >= 0.3 is 0 Å². The third-order valence-corrected chi connectivity index (χ3v) is 3.51. The number of amides is 1. The molecular formula is C14H19Cl2N5O. The first-order chi connectivity index (χ1) is 9.78. The molecule has 1 fully saturated rings. The van der Waals surface area contributed by atoms with Crippen molar-refractivity contribution in [2.24, 2.45) is 11.7 Å². The molecular weight excluding hydrogens is 325 g/mol. The van der Waals surface area contributed by atoms with Crippen molar-refractivity contribution in [2.75, 3.05) is 6.54 Å². The van der Waals surface area contributed by atoms with Crippen molar-refractivity contribution in [3.63, 3.8) is 0 Å². The van der Waals surface area contributed by atoms with Gasteiger partial charge in [0.15, 0.2) is 0 Å². The minimum atomic E-state index is -0.179. The van der Waals surface area contributed by atoms with Crippen LogP contribution in [0.1, 0.15) is 23.3 Å². The lowest BCUT2D eigenvalue weighted by molar-refractivity contribution is 0.0928. The van der Waals surface area contributed by atoms with E-state index >= 15 is 0 Å². The fourth-order valence-corrected chi connectivity index (χ4v) is 2.22. The van der Waals surface area contributed by atoms with Crippen LogP contribution in [0.4, 0.5) is 0 Å². The summed E-state index contributed by atoms with van der Waals surface area (Å²) in [5.41, 5.74) is 6.90. The molecule has 1 aliphatic rings. The van der Waals surface area contributed by atoms with Crippen molar-refractivity contribution in [1.29, 1.82) is 0 Å². The number of carbonyl (C=O) groups is 1. The predicted molar refractivity (Wildman–Crippen MR) is 88.9 cm³/mol. The van der Waals surface area contributed by atoms with Crippen molar-refractivity contribution in [2.45, 2.75) is 18.9 Å². The molecule has 0 saturated heterocycles. The zero-order valence-electron chi connectivity index (χ0n) is 11.9. The lowest BCUT2D eigenvalue weighted by Crippen LogP contribution is -2.42. The molecule has 3 rings (SSSR count). The monoisotopic (exact) mass is 343 g/mol. The molecule has 120 valence electrons. The van der Waals surface area contributed by atoms with Gasteiger partial charge in [-0.15, -0.1) is 24.8 Å². The summed E-state index contributed by atoms with van der Waals surface area (Å²) in [5.74, 6) is 0.347. The summed E-state index contributed by atoms with van der Waals surface area (Å²) in [6.45, 7) is 0.468. The van der Waals surface area contributed by atoms with E-state index in [1.54, 1.807) is 23.1 Å². The standard InChI is InChI=1S/C14H17N5O.2ClH/c15-9-13(10-2-3-10)18-14(20)12-8-11(4-6-16-12)19-7-1-5-17-19;;/h1,4-8,10,13H,2-3,9,15H2,(H,18,20);2*1H. The van der Waals surface area contributed by atoms with Gasteiger partial charge in [0.1, 0.15) is 5.69 Å². The molecule has 0 spiro atoms. The average Bonchev–Trinajstić information content (AvgIpc) is 3.18. The number of rotatable bonds is 5. The Hall–Kier alpha value is -1.63. The first kappa shape index (κ1) is 18.4. The van der Waals surface area contributed by atoms with Crippen LogP contribution in [0, 0.1) is 5.92 Å². The second-order valence-corrected chi connectivity index (χ2v) is 5.00. The summed E-state index contributed by atoms with van der Waals surface area (Å²) in [6, 6.07) is 5.42. The predicted octanol–water partition coefficient (Wildman–Crippen LogP) is 1.58. The zero-order chi connectivity index (χ0) is 13.9. The van der Waals surface area contributed by atoms with E-state index in [0.717, 1.165) is 18.5 Å². The second-order valence-electron chi connectivity index (χ2n) is 5.00. The minimum absolute atomic E-state index is 0. The molecule has 1 amide bonds. The Balaban J connectivity index is 0.00000121. The van der Waals surface area contributed by atoms with Gasteiger partial charge in [-0.3, -0.25) is 9.78 Å². The van der Waals surface area contributed by atoms with E-state index in [9.17, 15) is 4.79 Å². The van der Waals surface area contributed by atoms with Crippen LogP contribution in [0.15, 0.2) is 36.8 Å². The van der Waals surface area contributed by atoms with Crippen molar-refractivity contribution < 1.29 is 4.79 Å². The van der Waals surface area contributed by atoms with Crippen LogP contribution >= 0.6 is 24.8 Å². The quantitative estimate of drug-likeness (QED) is 0.862. The third kappa shape index (κ3) is 4.19. The molecule has 0 bridgehead atoms. The summed E-state index contributed by atoms with van der Waals surface area (Å²) >= 11 is 0. The van der Waals surface area contributed by atoms with E-state index in [1.165, 1.54) is 0 Å². The van der Waals surface area contributed by atoms with Gasteiger partial charge in [-0.1, -0.05) is 0 Å². The summed E-state index contributed by atoms with van der Waals surface area (Å²) in [5, 5.41) is 7.10. The smallest absolute Gasteiger partial charge is 0.270 e. The number of pyridine rings is 1. The van der Waals surface area contributed by atoms with Gasteiger partial charge < -0.3 is 11.1 Å². The summed E-state index contributed by atoms with van der Waals surface area (Å²) in [7, 11) is 0.